The van der Waals surface area contributed by atoms with E-state index < -0.39 is 9.84 Å². The molecule has 4 rings (SSSR count). The van der Waals surface area contributed by atoms with Gasteiger partial charge in [0.05, 0.1) is 36.0 Å². The summed E-state index contributed by atoms with van der Waals surface area (Å²) in [6, 6.07) is 6.05. The molecule has 0 spiro atoms. The molecule has 0 amide bonds. The summed E-state index contributed by atoms with van der Waals surface area (Å²) in [4.78, 5) is 4.94. The molecule has 1 aromatic carbocycles. The Hall–Kier alpha value is -2.41. The van der Waals surface area contributed by atoms with Gasteiger partial charge in [0.15, 0.2) is 15.5 Å². The Kier molecular flexibility index (Phi) is 4.45. The molecule has 148 valence electrons. The third-order valence-electron chi connectivity index (χ3n) is 5.61. The van der Waals surface area contributed by atoms with Gasteiger partial charge in [0.2, 0.25) is 0 Å². The van der Waals surface area contributed by atoms with Crippen LogP contribution in [0, 0.1) is 27.7 Å². The maximum absolute atomic E-state index is 12.0. The molecule has 28 heavy (non-hydrogen) atoms. The largest absolute Gasteiger partial charge is 0.496 e. The summed E-state index contributed by atoms with van der Waals surface area (Å²) < 4.78 is 31.2. The van der Waals surface area contributed by atoms with Gasteiger partial charge in [0, 0.05) is 10.9 Å². The summed E-state index contributed by atoms with van der Waals surface area (Å²) in [5.41, 5.74) is 6.80. The summed E-state index contributed by atoms with van der Waals surface area (Å²) >= 11 is 0. The van der Waals surface area contributed by atoms with Crippen LogP contribution in [0.1, 0.15) is 34.8 Å². The number of pyridine rings is 1. The normalized spacial score (nSPS) is 18.7. The Morgan fingerprint density at radius 1 is 1.07 bits per heavy atom. The highest BCUT2D eigenvalue weighted by molar-refractivity contribution is 7.91. The van der Waals surface area contributed by atoms with Crippen molar-refractivity contribution in [2.24, 2.45) is 0 Å². The van der Waals surface area contributed by atoms with Crippen LogP contribution in [-0.2, 0) is 9.84 Å². The third kappa shape index (κ3) is 3.07. The number of hydrogen-bond acceptors (Lipinski definition) is 5. The van der Waals surface area contributed by atoms with Crippen LogP contribution >= 0.6 is 0 Å². The molecule has 1 aliphatic heterocycles. The lowest BCUT2D eigenvalue weighted by Crippen LogP contribution is -2.13. The Bertz CT molecular complexity index is 1200. The monoisotopic (exact) mass is 399 g/mol. The van der Waals surface area contributed by atoms with E-state index in [0.29, 0.717) is 6.42 Å². The van der Waals surface area contributed by atoms with E-state index in [-0.39, 0.29) is 17.5 Å². The third-order valence-corrected chi connectivity index (χ3v) is 7.36. The van der Waals surface area contributed by atoms with Gasteiger partial charge < -0.3 is 4.74 Å². The van der Waals surface area contributed by atoms with Gasteiger partial charge in [-0.1, -0.05) is 0 Å². The molecule has 3 aromatic rings. The van der Waals surface area contributed by atoms with Gasteiger partial charge in [-0.05, 0) is 69.0 Å². The molecule has 0 aliphatic carbocycles. The van der Waals surface area contributed by atoms with Crippen molar-refractivity contribution in [3.8, 4) is 17.0 Å². The van der Waals surface area contributed by atoms with Crippen molar-refractivity contribution in [3.05, 3.63) is 40.6 Å². The fourth-order valence-electron chi connectivity index (χ4n) is 4.17. The number of hydrogen-bond donors (Lipinski definition) is 0. The molecule has 1 unspecified atom stereocenters. The number of aryl methyl sites for hydroxylation is 4. The molecule has 2 aromatic heterocycles. The summed E-state index contributed by atoms with van der Waals surface area (Å²) in [6.07, 6.45) is 0.587. The molecule has 7 heteroatoms. The summed E-state index contributed by atoms with van der Waals surface area (Å²) in [5.74, 6) is 1.21. The van der Waals surface area contributed by atoms with Crippen LogP contribution in [0.25, 0.3) is 22.3 Å². The van der Waals surface area contributed by atoms with Crippen molar-refractivity contribution >= 4 is 20.9 Å². The Balaban J connectivity index is 1.91. The molecule has 1 saturated heterocycles. The zero-order chi connectivity index (χ0) is 20.2. The first-order chi connectivity index (χ1) is 13.2. The first-order valence-electron chi connectivity index (χ1n) is 9.42. The maximum Gasteiger partial charge on any atom is 0.159 e. The van der Waals surface area contributed by atoms with E-state index in [4.69, 9.17) is 9.72 Å². The lowest BCUT2D eigenvalue weighted by molar-refractivity contribution is 0.411. The molecule has 0 N–H and O–H groups in total. The lowest BCUT2D eigenvalue weighted by Gasteiger charge is -2.14. The highest BCUT2D eigenvalue weighted by Crippen LogP contribution is 2.34. The first kappa shape index (κ1) is 18.9. The second kappa shape index (κ2) is 6.58. The number of ether oxygens (including phenoxy) is 1. The van der Waals surface area contributed by atoms with E-state index in [0.717, 1.165) is 50.4 Å². The number of fused-ring (bicyclic) bond motifs is 1. The zero-order valence-electron chi connectivity index (χ0n) is 16.9. The van der Waals surface area contributed by atoms with Crippen molar-refractivity contribution in [1.29, 1.82) is 0 Å². The molecule has 0 bridgehead atoms. The van der Waals surface area contributed by atoms with Crippen molar-refractivity contribution < 1.29 is 13.2 Å². The maximum atomic E-state index is 12.0. The van der Waals surface area contributed by atoms with Crippen molar-refractivity contribution in [2.45, 2.75) is 40.2 Å². The van der Waals surface area contributed by atoms with Crippen LogP contribution in [0.2, 0.25) is 0 Å². The lowest BCUT2D eigenvalue weighted by atomic mass is 9.99. The molecule has 6 nitrogen and oxygen atoms in total. The smallest absolute Gasteiger partial charge is 0.159 e. The van der Waals surface area contributed by atoms with Gasteiger partial charge >= 0.3 is 0 Å². The molecule has 0 saturated carbocycles. The minimum absolute atomic E-state index is 0.134. The Labute approximate surface area is 165 Å². The summed E-state index contributed by atoms with van der Waals surface area (Å²) in [5, 5.41) is 5.68. The highest BCUT2D eigenvalue weighted by atomic mass is 32.2. The molecule has 1 fully saturated rings. The minimum atomic E-state index is -3.00. The second-order valence-corrected chi connectivity index (χ2v) is 9.98. The summed E-state index contributed by atoms with van der Waals surface area (Å²) in [6.45, 7) is 8.08. The number of methoxy groups -OCH3 is 1. The molecule has 3 heterocycles. The minimum Gasteiger partial charge on any atom is -0.496 e. The topological polar surface area (TPSA) is 74.1 Å². The van der Waals surface area contributed by atoms with E-state index in [1.54, 1.807) is 7.11 Å². The fourth-order valence-corrected chi connectivity index (χ4v) is 5.87. The molecule has 1 aliphatic rings. The van der Waals surface area contributed by atoms with Crippen molar-refractivity contribution in [3.63, 3.8) is 0 Å². The molecule has 1 atom stereocenters. The fraction of sp³-hybridized carbons (Fsp3) is 0.429. The van der Waals surface area contributed by atoms with Crippen molar-refractivity contribution in [1.82, 2.24) is 14.8 Å². The van der Waals surface area contributed by atoms with Gasteiger partial charge in [0.25, 0.3) is 0 Å². The predicted octanol–water partition coefficient (Wildman–Crippen LogP) is 3.70. The van der Waals surface area contributed by atoms with E-state index in [1.807, 2.05) is 31.5 Å². The van der Waals surface area contributed by atoms with Crippen LogP contribution in [0.15, 0.2) is 18.2 Å². The van der Waals surface area contributed by atoms with Gasteiger partial charge in [-0.15, -0.1) is 0 Å². The standard InChI is InChI=1S/C21H25N3O3S/c1-12-10-19(27-5)13(2)8-17(12)18-9-14(3)20-15(4)23-24(21(20)22-18)16-6-7-28(25,26)11-16/h8-10,16H,6-7,11H2,1-5H3. The zero-order valence-corrected chi connectivity index (χ0v) is 17.7. The van der Waals surface area contributed by atoms with Gasteiger partial charge in [0.1, 0.15) is 5.75 Å². The Morgan fingerprint density at radius 3 is 2.46 bits per heavy atom. The first-order valence-corrected chi connectivity index (χ1v) is 11.2. The van der Waals surface area contributed by atoms with Gasteiger partial charge in [-0.2, -0.15) is 5.10 Å². The van der Waals surface area contributed by atoms with Crippen LogP contribution in [0.5, 0.6) is 5.75 Å². The SMILES string of the molecule is COc1cc(C)c(-c2cc(C)c3c(C)nn(C4CCS(=O)(=O)C4)c3n2)cc1C. The van der Waals surface area contributed by atoms with Crippen LogP contribution in [0.4, 0.5) is 0 Å². The second-order valence-electron chi connectivity index (χ2n) is 7.75. The average Bonchev–Trinajstić information content (AvgIpc) is 3.16. The van der Waals surface area contributed by atoms with Crippen LogP contribution in [-0.4, -0.2) is 41.8 Å². The summed E-state index contributed by atoms with van der Waals surface area (Å²) in [7, 11) is -1.32. The van der Waals surface area contributed by atoms with Crippen LogP contribution in [0.3, 0.4) is 0 Å². The number of sulfone groups is 1. The highest BCUT2D eigenvalue weighted by Gasteiger charge is 2.31. The molecular formula is C21H25N3O3S. The molecule has 0 radical (unpaired) electrons. The van der Waals surface area contributed by atoms with Gasteiger partial charge in [-0.3, -0.25) is 0 Å². The van der Waals surface area contributed by atoms with Crippen molar-refractivity contribution in [2.75, 3.05) is 18.6 Å². The van der Waals surface area contributed by atoms with Gasteiger partial charge in [-0.25, -0.2) is 18.1 Å². The van der Waals surface area contributed by atoms with E-state index >= 15 is 0 Å². The predicted molar refractivity (Wildman–Crippen MR) is 111 cm³/mol. The number of benzene rings is 1. The van der Waals surface area contributed by atoms with E-state index in [9.17, 15) is 8.42 Å². The number of rotatable bonds is 3. The van der Waals surface area contributed by atoms with Crippen LogP contribution < -0.4 is 4.74 Å². The average molecular weight is 400 g/mol. The number of aromatic nitrogens is 3. The quantitative estimate of drug-likeness (QED) is 0.671. The van der Waals surface area contributed by atoms with E-state index in [1.165, 1.54) is 0 Å². The molecular weight excluding hydrogens is 374 g/mol. The number of nitrogens with zero attached hydrogens (tertiary/aromatic N) is 3. The Morgan fingerprint density at radius 2 is 1.82 bits per heavy atom. The van der Waals surface area contributed by atoms with E-state index in [2.05, 4.69) is 24.2 Å².